The van der Waals surface area contributed by atoms with Crippen LogP contribution in [0.2, 0.25) is 0 Å². The van der Waals surface area contributed by atoms with Gasteiger partial charge in [-0.2, -0.15) is 0 Å². The molecule has 1 saturated carbocycles. The van der Waals surface area contributed by atoms with Crippen LogP contribution in [-0.2, 0) is 10.2 Å². The second-order valence-corrected chi connectivity index (χ2v) is 4.50. The molecule has 2 aromatic rings. The first-order chi connectivity index (χ1) is 8.63. The molecule has 1 aliphatic carbocycles. The Bertz CT molecular complexity index is 617. The van der Waals surface area contributed by atoms with Gasteiger partial charge in [-0.3, -0.25) is 4.79 Å². The van der Waals surface area contributed by atoms with Crippen molar-refractivity contribution in [2.75, 3.05) is 0 Å². The molecule has 0 aliphatic heterocycles. The molecule has 0 atom stereocenters. The molecule has 0 radical (unpaired) electrons. The number of carbonyl (C=O) groups is 1. The van der Waals surface area contributed by atoms with Gasteiger partial charge in [-0.05, 0) is 25.0 Å². The first-order valence-corrected chi connectivity index (χ1v) is 5.65. The zero-order valence-electron chi connectivity index (χ0n) is 9.52. The normalized spacial score (nSPS) is 16.5. The van der Waals surface area contributed by atoms with Crippen LogP contribution in [0.15, 0.2) is 34.9 Å². The van der Waals surface area contributed by atoms with Crippen LogP contribution in [0.4, 0.5) is 4.39 Å². The van der Waals surface area contributed by atoms with E-state index in [0.29, 0.717) is 29.9 Å². The van der Waals surface area contributed by atoms with Crippen molar-refractivity contribution in [2.45, 2.75) is 18.3 Å². The summed E-state index contributed by atoms with van der Waals surface area (Å²) in [5.74, 6) is -0.476. The lowest BCUT2D eigenvalue weighted by molar-refractivity contribution is -0.120. The Hall–Kier alpha value is -2.17. The quantitative estimate of drug-likeness (QED) is 0.900. The van der Waals surface area contributed by atoms with Gasteiger partial charge in [0.15, 0.2) is 5.76 Å². The summed E-state index contributed by atoms with van der Waals surface area (Å²) in [6.45, 7) is 0. The molecule has 0 spiro atoms. The lowest BCUT2D eigenvalue weighted by Crippen LogP contribution is -2.28. The minimum absolute atomic E-state index is 0.315. The zero-order valence-corrected chi connectivity index (χ0v) is 9.52. The van der Waals surface area contributed by atoms with Crippen molar-refractivity contribution in [2.24, 2.45) is 5.73 Å². The van der Waals surface area contributed by atoms with Gasteiger partial charge in [0.2, 0.25) is 5.91 Å². The van der Waals surface area contributed by atoms with Crippen molar-refractivity contribution in [1.29, 1.82) is 0 Å². The third-order valence-corrected chi connectivity index (χ3v) is 3.36. The molecule has 3 rings (SSSR count). The molecule has 4 nitrogen and oxygen atoms in total. The number of halogens is 1. The summed E-state index contributed by atoms with van der Waals surface area (Å²) in [6, 6.07) is 7.85. The van der Waals surface area contributed by atoms with Crippen LogP contribution in [0.1, 0.15) is 18.5 Å². The third kappa shape index (κ3) is 1.51. The monoisotopic (exact) mass is 246 g/mol. The molecule has 2 N–H and O–H groups in total. The van der Waals surface area contributed by atoms with E-state index < -0.39 is 11.3 Å². The number of benzene rings is 1. The molecule has 5 heteroatoms. The molecule has 1 aromatic heterocycles. The van der Waals surface area contributed by atoms with Crippen LogP contribution in [0.25, 0.3) is 11.3 Å². The highest BCUT2D eigenvalue weighted by Gasteiger charge is 2.52. The van der Waals surface area contributed by atoms with E-state index in [2.05, 4.69) is 5.16 Å². The first-order valence-electron chi connectivity index (χ1n) is 5.65. The average Bonchev–Trinajstić information content (AvgIpc) is 3.03. The fraction of sp³-hybridized carbons (Fsp3) is 0.231. The molecule has 0 saturated heterocycles. The Balaban J connectivity index is 2.01. The number of rotatable bonds is 3. The van der Waals surface area contributed by atoms with E-state index in [1.54, 1.807) is 24.3 Å². The molecule has 0 bridgehead atoms. The molecular weight excluding hydrogens is 235 g/mol. The second kappa shape index (κ2) is 3.66. The molecule has 1 amide bonds. The van der Waals surface area contributed by atoms with Gasteiger partial charge in [0.25, 0.3) is 0 Å². The lowest BCUT2D eigenvalue weighted by atomic mass is 10.0. The highest BCUT2D eigenvalue weighted by Crippen LogP contribution is 2.48. The van der Waals surface area contributed by atoms with Crippen molar-refractivity contribution in [1.82, 2.24) is 5.16 Å². The number of hydrogen-bond donors (Lipinski definition) is 1. The second-order valence-electron chi connectivity index (χ2n) is 4.50. The molecular formula is C13H11FN2O2. The zero-order chi connectivity index (χ0) is 12.8. The summed E-state index contributed by atoms with van der Waals surface area (Å²) in [5, 5.41) is 3.85. The number of nitrogens with two attached hydrogens (primary N) is 1. The van der Waals surface area contributed by atoms with Crippen molar-refractivity contribution in [3.63, 3.8) is 0 Å². The fourth-order valence-electron chi connectivity index (χ4n) is 2.04. The molecule has 0 unspecified atom stereocenters. The molecule has 92 valence electrons. The maximum Gasteiger partial charge on any atom is 0.229 e. The number of amides is 1. The molecule has 1 heterocycles. The minimum Gasteiger partial charge on any atom is -0.369 e. The largest absolute Gasteiger partial charge is 0.369 e. The Kier molecular flexibility index (Phi) is 2.23. The van der Waals surface area contributed by atoms with Crippen LogP contribution in [-0.4, -0.2) is 11.1 Å². The summed E-state index contributed by atoms with van der Waals surface area (Å²) in [5.41, 5.74) is 5.47. The Labute approximate surface area is 103 Å². The van der Waals surface area contributed by atoms with Crippen molar-refractivity contribution in [3.05, 3.63) is 41.8 Å². The lowest BCUT2D eigenvalue weighted by Gasteiger charge is -2.03. The van der Waals surface area contributed by atoms with Gasteiger partial charge in [0.1, 0.15) is 5.82 Å². The van der Waals surface area contributed by atoms with Crippen molar-refractivity contribution >= 4 is 5.91 Å². The highest BCUT2D eigenvalue weighted by atomic mass is 19.1. The summed E-state index contributed by atoms with van der Waals surface area (Å²) in [4.78, 5) is 11.4. The Morgan fingerprint density at radius 3 is 2.72 bits per heavy atom. The molecule has 1 aliphatic rings. The van der Waals surface area contributed by atoms with E-state index in [9.17, 15) is 9.18 Å². The third-order valence-electron chi connectivity index (χ3n) is 3.36. The summed E-state index contributed by atoms with van der Waals surface area (Å²) in [7, 11) is 0. The molecule has 18 heavy (non-hydrogen) atoms. The number of carbonyl (C=O) groups excluding carboxylic acids is 1. The summed E-state index contributed by atoms with van der Waals surface area (Å²) < 4.78 is 18.7. The maximum absolute atomic E-state index is 13.6. The van der Waals surface area contributed by atoms with Crippen LogP contribution in [0.5, 0.6) is 0 Å². The van der Waals surface area contributed by atoms with E-state index in [-0.39, 0.29) is 5.82 Å². The highest BCUT2D eigenvalue weighted by molar-refractivity contribution is 5.89. The van der Waals surface area contributed by atoms with Crippen LogP contribution < -0.4 is 5.73 Å². The van der Waals surface area contributed by atoms with Gasteiger partial charge >= 0.3 is 0 Å². The van der Waals surface area contributed by atoms with E-state index in [4.69, 9.17) is 10.3 Å². The number of hydrogen-bond acceptors (Lipinski definition) is 3. The van der Waals surface area contributed by atoms with Gasteiger partial charge in [-0.15, -0.1) is 0 Å². The molecule has 1 fully saturated rings. The Morgan fingerprint density at radius 2 is 2.11 bits per heavy atom. The molecule has 1 aromatic carbocycles. The maximum atomic E-state index is 13.6. The van der Waals surface area contributed by atoms with Gasteiger partial charge in [-0.25, -0.2) is 4.39 Å². The topological polar surface area (TPSA) is 69.1 Å². The SMILES string of the molecule is NC(=O)C1(c2cc(-c3ccccc3F)on2)CC1. The fourth-order valence-corrected chi connectivity index (χ4v) is 2.04. The van der Waals surface area contributed by atoms with E-state index in [1.165, 1.54) is 6.07 Å². The van der Waals surface area contributed by atoms with Gasteiger partial charge in [-0.1, -0.05) is 17.3 Å². The van der Waals surface area contributed by atoms with Crippen molar-refractivity contribution < 1.29 is 13.7 Å². The van der Waals surface area contributed by atoms with Crippen molar-refractivity contribution in [3.8, 4) is 11.3 Å². The predicted molar refractivity (Wildman–Crippen MR) is 62.0 cm³/mol. The van der Waals surface area contributed by atoms with E-state index in [1.807, 2.05) is 0 Å². The summed E-state index contributed by atoms with van der Waals surface area (Å²) >= 11 is 0. The van der Waals surface area contributed by atoms with Crippen LogP contribution in [0, 0.1) is 5.82 Å². The van der Waals surface area contributed by atoms with E-state index in [0.717, 1.165) is 0 Å². The standard InChI is InChI=1S/C13H11FN2O2/c14-9-4-2-1-3-8(9)10-7-11(16-18-10)13(5-6-13)12(15)17/h1-4,7H,5-6H2,(H2,15,17). The van der Waals surface area contributed by atoms with Gasteiger partial charge in [0, 0.05) is 6.07 Å². The summed E-state index contributed by atoms with van der Waals surface area (Å²) in [6.07, 6.45) is 1.34. The number of aromatic nitrogens is 1. The van der Waals surface area contributed by atoms with Gasteiger partial charge < -0.3 is 10.3 Å². The van der Waals surface area contributed by atoms with E-state index >= 15 is 0 Å². The van der Waals surface area contributed by atoms with Crippen LogP contribution >= 0.6 is 0 Å². The minimum atomic E-state index is -0.701. The van der Waals surface area contributed by atoms with Crippen LogP contribution in [0.3, 0.4) is 0 Å². The Morgan fingerprint density at radius 1 is 1.39 bits per heavy atom. The first kappa shape index (κ1) is 11.0. The number of primary amides is 1. The van der Waals surface area contributed by atoms with Gasteiger partial charge in [0.05, 0.1) is 16.7 Å². The number of nitrogens with zero attached hydrogens (tertiary/aromatic N) is 1. The average molecular weight is 246 g/mol. The predicted octanol–water partition coefficient (Wildman–Crippen LogP) is 2.00. The smallest absolute Gasteiger partial charge is 0.229 e.